The number of hydrogen-bond donors (Lipinski definition) is 2. The van der Waals surface area contributed by atoms with E-state index in [-0.39, 0.29) is 12.1 Å². The molecular formula is C14H19BrN2O3. The lowest BCUT2D eigenvalue weighted by atomic mass is 10.1. The van der Waals surface area contributed by atoms with Crippen LogP contribution in [0.5, 0.6) is 11.5 Å². The number of benzene rings is 1. The largest absolute Gasteiger partial charge is 0.486 e. The number of carbonyl (C=O) groups is 1. The van der Waals surface area contributed by atoms with E-state index < -0.39 is 0 Å². The molecule has 0 saturated heterocycles. The van der Waals surface area contributed by atoms with Crippen molar-refractivity contribution < 1.29 is 14.3 Å². The first kappa shape index (κ1) is 15.0. The van der Waals surface area contributed by atoms with Crippen molar-refractivity contribution in [3.05, 3.63) is 16.6 Å². The van der Waals surface area contributed by atoms with Gasteiger partial charge < -0.3 is 20.1 Å². The summed E-state index contributed by atoms with van der Waals surface area (Å²) in [7, 11) is 0. The molecule has 1 unspecified atom stereocenters. The molecule has 0 saturated carbocycles. The van der Waals surface area contributed by atoms with E-state index in [1.54, 1.807) is 12.1 Å². The van der Waals surface area contributed by atoms with Gasteiger partial charge in [0.2, 0.25) is 0 Å². The number of nitrogens with one attached hydrogen (secondary N) is 2. The van der Waals surface area contributed by atoms with Crippen LogP contribution in [0, 0.1) is 5.92 Å². The van der Waals surface area contributed by atoms with Crippen LogP contribution in [0.15, 0.2) is 16.6 Å². The minimum Gasteiger partial charge on any atom is -0.486 e. The molecule has 20 heavy (non-hydrogen) atoms. The Kier molecular flexibility index (Phi) is 4.75. The molecule has 0 aliphatic carbocycles. The number of hydrogen-bond acceptors (Lipinski definition) is 3. The molecule has 0 radical (unpaired) electrons. The fourth-order valence-electron chi connectivity index (χ4n) is 1.69. The molecule has 1 heterocycles. The molecule has 0 bridgehead atoms. The molecule has 5 nitrogen and oxygen atoms in total. The van der Waals surface area contributed by atoms with Crippen molar-refractivity contribution in [1.82, 2.24) is 5.32 Å². The molecule has 0 fully saturated rings. The normalized spacial score (nSPS) is 14.8. The molecule has 1 aliphatic rings. The van der Waals surface area contributed by atoms with Gasteiger partial charge in [0.05, 0.1) is 5.69 Å². The average Bonchev–Trinajstić information content (AvgIpc) is 2.39. The summed E-state index contributed by atoms with van der Waals surface area (Å²) >= 11 is 3.42. The van der Waals surface area contributed by atoms with Gasteiger partial charge in [-0.3, -0.25) is 0 Å². The molecule has 1 aromatic rings. The summed E-state index contributed by atoms with van der Waals surface area (Å²) < 4.78 is 11.7. The lowest BCUT2D eigenvalue weighted by Crippen LogP contribution is -2.39. The van der Waals surface area contributed by atoms with Gasteiger partial charge in [-0.25, -0.2) is 4.79 Å². The second kappa shape index (κ2) is 6.35. The summed E-state index contributed by atoms with van der Waals surface area (Å²) in [6.07, 6.45) is 0. The van der Waals surface area contributed by atoms with Crippen molar-refractivity contribution in [3.63, 3.8) is 0 Å². The lowest BCUT2D eigenvalue weighted by Gasteiger charge is -2.21. The van der Waals surface area contributed by atoms with Gasteiger partial charge in [0.25, 0.3) is 0 Å². The van der Waals surface area contributed by atoms with E-state index in [4.69, 9.17) is 9.47 Å². The number of anilines is 1. The van der Waals surface area contributed by atoms with Crippen LogP contribution in [0.4, 0.5) is 10.5 Å². The first-order valence-electron chi connectivity index (χ1n) is 6.64. The third-order valence-electron chi connectivity index (χ3n) is 3.24. The highest BCUT2D eigenvalue weighted by atomic mass is 79.9. The Morgan fingerprint density at radius 1 is 1.20 bits per heavy atom. The van der Waals surface area contributed by atoms with Gasteiger partial charge in [0.1, 0.15) is 13.2 Å². The molecule has 1 aromatic carbocycles. The van der Waals surface area contributed by atoms with Gasteiger partial charge in [-0.15, -0.1) is 0 Å². The molecule has 110 valence electrons. The third kappa shape index (κ3) is 3.56. The van der Waals surface area contributed by atoms with Gasteiger partial charge in [-0.2, -0.15) is 0 Å². The van der Waals surface area contributed by atoms with Crippen molar-refractivity contribution in [2.45, 2.75) is 26.8 Å². The molecular weight excluding hydrogens is 324 g/mol. The van der Waals surface area contributed by atoms with E-state index in [1.807, 2.05) is 6.92 Å². The quantitative estimate of drug-likeness (QED) is 0.885. The summed E-state index contributed by atoms with van der Waals surface area (Å²) in [5.74, 6) is 1.71. The van der Waals surface area contributed by atoms with Crippen LogP contribution in [-0.2, 0) is 0 Å². The lowest BCUT2D eigenvalue weighted by molar-refractivity contribution is 0.171. The zero-order valence-corrected chi connectivity index (χ0v) is 13.4. The second-order valence-corrected chi connectivity index (χ2v) is 5.96. The Morgan fingerprint density at radius 2 is 1.80 bits per heavy atom. The van der Waals surface area contributed by atoms with E-state index in [2.05, 4.69) is 40.4 Å². The summed E-state index contributed by atoms with van der Waals surface area (Å²) in [6, 6.07) is 3.43. The van der Waals surface area contributed by atoms with Crippen LogP contribution < -0.4 is 20.1 Å². The van der Waals surface area contributed by atoms with Crippen molar-refractivity contribution in [2.24, 2.45) is 5.92 Å². The first-order chi connectivity index (χ1) is 9.47. The zero-order chi connectivity index (χ0) is 14.7. The van der Waals surface area contributed by atoms with E-state index in [9.17, 15) is 4.79 Å². The Bertz CT molecular complexity index is 505. The minimum absolute atomic E-state index is 0.103. The Balaban J connectivity index is 2.07. The highest BCUT2D eigenvalue weighted by Crippen LogP contribution is 2.38. The molecule has 2 rings (SSSR count). The maximum atomic E-state index is 11.9. The summed E-state index contributed by atoms with van der Waals surface area (Å²) in [5, 5.41) is 5.71. The Labute approximate surface area is 127 Å². The standard InChI is InChI=1S/C14H19BrN2O3/c1-8(2)9(3)16-14(18)17-11-7-13-12(6-10(11)15)19-4-5-20-13/h6-9H,4-5H2,1-3H3,(H2,16,17,18). The molecule has 6 heteroatoms. The predicted molar refractivity (Wildman–Crippen MR) is 81.6 cm³/mol. The Hall–Kier alpha value is -1.43. The van der Waals surface area contributed by atoms with Gasteiger partial charge in [-0.05, 0) is 28.8 Å². The fraction of sp³-hybridized carbons (Fsp3) is 0.500. The topological polar surface area (TPSA) is 59.6 Å². The van der Waals surface area contributed by atoms with E-state index >= 15 is 0 Å². The number of carbonyl (C=O) groups excluding carboxylic acids is 1. The van der Waals surface area contributed by atoms with Crippen LogP contribution in [0.1, 0.15) is 20.8 Å². The highest BCUT2D eigenvalue weighted by Gasteiger charge is 2.17. The SMILES string of the molecule is CC(C)C(C)NC(=O)Nc1cc2c(cc1Br)OCCO2. The van der Waals surface area contributed by atoms with Crippen LogP contribution in [0.25, 0.3) is 0 Å². The highest BCUT2D eigenvalue weighted by molar-refractivity contribution is 9.10. The first-order valence-corrected chi connectivity index (χ1v) is 7.43. The van der Waals surface area contributed by atoms with E-state index in [0.717, 1.165) is 4.47 Å². The third-order valence-corrected chi connectivity index (χ3v) is 3.89. The average molecular weight is 343 g/mol. The Morgan fingerprint density at radius 3 is 2.40 bits per heavy atom. The number of amides is 2. The van der Waals surface area contributed by atoms with Crippen molar-refractivity contribution in [1.29, 1.82) is 0 Å². The summed E-state index contributed by atoms with van der Waals surface area (Å²) in [6.45, 7) is 7.15. The molecule has 2 amide bonds. The maximum absolute atomic E-state index is 11.9. The maximum Gasteiger partial charge on any atom is 0.319 e. The molecule has 1 aliphatic heterocycles. The number of rotatable bonds is 3. The van der Waals surface area contributed by atoms with E-state index in [0.29, 0.717) is 36.3 Å². The smallest absolute Gasteiger partial charge is 0.319 e. The van der Waals surface area contributed by atoms with Gasteiger partial charge in [0.15, 0.2) is 11.5 Å². The monoisotopic (exact) mass is 342 g/mol. The van der Waals surface area contributed by atoms with E-state index in [1.165, 1.54) is 0 Å². The van der Waals surface area contributed by atoms with Gasteiger partial charge in [0, 0.05) is 22.6 Å². The number of ether oxygens (including phenoxy) is 2. The van der Waals surface area contributed by atoms with Crippen LogP contribution >= 0.6 is 15.9 Å². The van der Waals surface area contributed by atoms with Crippen molar-refractivity contribution in [2.75, 3.05) is 18.5 Å². The van der Waals surface area contributed by atoms with Crippen molar-refractivity contribution >= 4 is 27.6 Å². The van der Waals surface area contributed by atoms with Crippen LogP contribution in [-0.4, -0.2) is 25.3 Å². The van der Waals surface area contributed by atoms with Gasteiger partial charge >= 0.3 is 6.03 Å². The molecule has 1 atom stereocenters. The number of urea groups is 1. The van der Waals surface area contributed by atoms with Crippen molar-refractivity contribution in [3.8, 4) is 11.5 Å². The fourth-order valence-corrected chi connectivity index (χ4v) is 2.11. The zero-order valence-electron chi connectivity index (χ0n) is 11.8. The van der Waals surface area contributed by atoms with Gasteiger partial charge in [-0.1, -0.05) is 13.8 Å². The number of halogens is 1. The summed E-state index contributed by atoms with van der Waals surface area (Å²) in [4.78, 5) is 11.9. The van der Waals surface area contributed by atoms with Crippen LogP contribution in [0.2, 0.25) is 0 Å². The predicted octanol–water partition coefficient (Wildman–Crippen LogP) is 3.39. The minimum atomic E-state index is -0.233. The van der Waals surface area contributed by atoms with Crippen LogP contribution in [0.3, 0.4) is 0 Å². The molecule has 0 spiro atoms. The molecule has 0 aromatic heterocycles. The summed E-state index contributed by atoms with van der Waals surface area (Å²) in [5.41, 5.74) is 0.655. The second-order valence-electron chi connectivity index (χ2n) is 5.11. The number of fused-ring (bicyclic) bond motifs is 1. The molecule has 2 N–H and O–H groups in total.